The molecule has 6 heteroatoms. The number of nitrogens with two attached hydrogens (primary N) is 1. The second-order valence-electron chi connectivity index (χ2n) is 4.42. The van der Waals surface area contributed by atoms with Gasteiger partial charge in [-0.3, -0.25) is 5.32 Å². The molecule has 0 unspecified atom stereocenters. The molecular weight excluding hydrogens is 284 g/mol. The summed E-state index contributed by atoms with van der Waals surface area (Å²) in [6.45, 7) is 1.92. The van der Waals surface area contributed by atoms with Crippen LogP contribution in [0.3, 0.4) is 0 Å². The van der Waals surface area contributed by atoms with Gasteiger partial charge in [0.05, 0.1) is 0 Å². The topological polar surface area (TPSA) is 90.7 Å². The van der Waals surface area contributed by atoms with Crippen LogP contribution in [0.25, 0.3) is 0 Å². The summed E-state index contributed by atoms with van der Waals surface area (Å²) in [6.07, 6.45) is -0.897. The van der Waals surface area contributed by atoms with Gasteiger partial charge in [0.1, 0.15) is 11.5 Å². The summed E-state index contributed by atoms with van der Waals surface area (Å²) in [6, 6.07) is 13.7. The Labute approximate surface area is 127 Å². The van der Waals surface area contributed by atoms with Gasteiger partial charge in [-0.15, -0.1) is 0 Å². The maximum Gasteiger partial charge on any atom is 0.417 e. The van der Waals surface area contributed by atoms with E-state index in [0.29, 0.717) is 17.9 Å². The Bertz CT molecular complexity index is 671. The Balaban J connectivity index is 2.12. The molecule has 2 amide bonds. The van der Waals surface area contributed by atoms with E-state index in [0.717, 1.165) is 5.56 Å². The van der Waals surface area contributed by atoms with Gasteiger partial charge in [0.25, 0.3) is 0 Å². The number of hydrogen-bond donors (Lipinski definition) is 2. The predicted molar refractivity (Wildman–Crippen MR) is 82.1 cm³/mol. The van der Waals surface area contributed by atoms with Gasteiger partial charge in [0.2, 0.25) is 0 Å². The summed E-state index contributed by atoms with van der Waals surface area (Å²) in [5.74, 6) is 0.530. The fourth-order valence-electron chi connectivity index (χ4n) is 1.87. The van der Waals surface area contributed by atoms with Crippen LogP contribution in [0.2, 0.25) is 0 Å². The smallest absolute Gasteiger partial charge is 0.410 e. The van der Waals surface area contributed by atoms with Gasteiger partial charge < -0.3 is 15.2 Å². The Hall–Kier alpha value is -3.02. The van der Waals surface area contributed by atoms with E-state index in [1.807, 2.05) is 13.0 Å². The second-order valence-corrected chi connectivity index (χ2v) is 4.42. The van der Waals surface area contributed by atoms with Gasteiger partial charge in [-0.05, 0) is 30.2 Å². The third-order valence-corrected chi connectivity index (χ3v) is 2.86. The number of nitrogens with one attached hydrogen (secondary N) is 1. The van der Waals surface area contributed by atoms with E-state index >= 15 is 0 Å². The summed E-state index contributed by atoms with van der Waals surface area (Å²) in [4.78, 5) is 22.7. The lowest BCUT2D eigenvalue weighted by atomic mass is 10.1. The van der Waals surface area contributed by atoms with Crippen molar-refractivity contribution in [3.8, 4) is 11.5 Å². The van der Waals surface area contributed by atoms with E-state index in [1.165, 1.54) is 6.07 Å². The zero-order valence-electron chi connectivity index (χ0n) is 12.0. The van der Waals surface area contributed by atoms with Crippen LogP contribution in [-0.2, 0) is 6.42 Å². The van der Waals surface area contributed by atoms with Crippen LogP contribution < -0.4 is 20.5 Å². The van der Waals surface area contributed by atoms with Crippen LogP contribution in [0.1, 0.15) is 12.5 Å². The van der Waals surface area contributed by atoms with Crippen molar-refractivity contribution in [2.45, 2.75) is 13.3 Å². The SMILES string of the molecule is CCc1ccc(OC(N)=O)cc1OC(=O)Nc1ccccc1. The van der Waals surface area contributed by atoms with Gasteiger partial charge in [-0.1, -0.05) is 31.2 Å². The van der Waals surface area contributed by atoms with Crippen LogP contribution in [0, 0.1) is 0 Å². The monoisotopic (exact) mass is 300 g/mol. The average Bonchev–Trinajstić information content (AvgIpc) is 2.48. The molecule has 2 aromatic carbocycles. The van der Waals surface area contributed by atoms with Crippen LogP contribution in [-0.4, -0.2) is 12.2 Å². The summed E-state index contributed by atoms with van der Waals surface area (Å²) >= 11 is 0. The van der Waals surface area contributed by atoms with Gasteiger partial charge in [0.15, 0.2) is 0 Å². The molecule has 2 rings (SSSR count). The molecule has 22 heavy (non-hydrogen) atoms. The number of primary amides is 1. The molecule has 0 saturated heterocycles. The van der Waals surface area contributed by atoms with Crippen molar-refractivity contribution in [2.24, 2.45) is 5.73 Å². The van der Waals surface area contributed by atoms with Crippen LogP contribution >= 0.6 is 0 Å². The Morgan fingerprint density at radius 1 is 1.09 bits per heavy atom. The van der Waals surface area contributed by atoms with Crippen molar-refractivity contribution < 1.29 is 19.1 Å². The largest absolute Gasteiger partial charge is 0.417 e. The molecule has 3 N–H and O–H groups in total. The highest BCUT2D eigenvalue weighted by molar-refractivity contribution is 5.86. The first-order valence-electron chi connectivity index (χ1n) is 6.72. The number of anilines is 1. The van der Waals surface area contributed by atoms with Crippen molar-refractivity contribution in [3.05, 3.63) is 54.1 Å². The predicted octanol–water partition coefficient (Wildman–Crippen LogP) is 3.32. The highest BCUT2D eigenvalue weighted by Crippen LogP contribution is 2.26. The minimum absolute atomic E-state index is 0.215. The number of carbonyl (C=O) groups excluding carboxylic acids is 2. The molecule has 0 aromatic heterocycles. The number of amides is 2. The van der Waals surface area contributed by atoms with E-state index in [-0.39, 0.29) is 5.75 Å². The Morgan fingerprint density at radius 2 is 1.82 bits per heavy atom. The molecule has 2 aromatic rings. The molecule has 0 aliphatic carbocycles. The summed E-state index contributed by atoms with van der Waals surface area (Å²) in [5.41, 5.74) is 6.39. The molecule has 0 aliphatic heterocycles. The fraction of sp³-hybridized carbons (Fsp3) is 0.125. The molecular formula is C16H16N2O4. The zero-order valence-corrected chi connectivity index (χ0v) is 12.0. The molecule has 0 atom stereocenters. The highest BCUT2D eigenvalue weighted by Gasteiger charge is 2.11. The molecule has 0 radical (unpaired) electrons. The fourth-order valence-corrected chi connectivity index (χ4v) is 1.87. The Morgan fingerprint density at radius 3 is 2.45 bits per heavy atom. The van der Waals surface area contributed by atoms with Crippen LogP contribution in [0.4, 0.5) is 15.3 Å². The number of ether oxygens (including phenoxy) is 2. The van der Waals surface area contributed by atoms with E-state index in [1.54, 1.807) is 36.4 Å². The number of benzene rings is 2. The van der Waals surface area contributed by atoms with Crippen molar-refractivity contribution in [2.75, 3.05) is 5.32 Å². The third kappa shape index (κ3) is 4.24. The minimum Gasteiger partial charge on any atom is -0.410 e. The standard InChI is InChI=1S/C16H16N2O4/c1-2-11-8-9-13(21-15(17)19)10-14(11)22-16(20)18-12-6-4-3-5-7-12/h3-10H,2H2,1H3,(H2,17,19)(H,18,20). The Kier molecular flexibility index (Phi) is 4.98. The van der Waals surface area contributed by atoms with Crippen molar-refractivity contribution in [1.29, 1.82) is 0 Å². The van der Waals surface area contributed by atoms with Gasteiger partial charge in [-0.25, -0.2) is 9.59 Å². The average molecular weight is 300 g/mol. The number of rotatable bonds is 4. The lowest BCUT2D eigenvalue weighted by Crippen LogP contribution is -2.18. The molecule has 0 fully saturated rings. The van der Waals surface area contributed by atoms with E-state index in [2.05, 4.69) is 5.32 Å². The number of aryl methyl sites for hydroxylation is 1. The van der Waals surface area contributed by atoms with E-state index in [4.69, 9.17) is 15.2 Å². The van der Waals surface area contributed by atoms with Crippen molar-refractivity contribution in [3.63, 3.8) is 0 Å². The van der Waals surface area contributed by atoms with Crippen molar-refractivity contribution in [1.82, 2.24) is 0 Å². The number of carbonyl (C=O) groups is 2. The van der Waals surface area contributed by atoms with Gasteiger partial charge in [0, 0.05) is 11.8 Å². The summed E-state index contributed by atoms with van der Waals surface area (Å²) < 4.78 is 10.1. The molecule has 0 bridgehead atoms. The minimum atomic E-state index is -0.927. The molecule has 6 nitrogen and oxygen atoms in total. The quantitative estimate of drug-likeness (QED) is 0.906. The molecule has 0 spiro atoms. The lowest BCUT2D eigenvalue weighted by Gasteiger charge is -2.11. The maximum absolute atomic E-state index is 11.9. The summed E-state index contributed by atoms with van der Waals surface area (Å²) in [5, 5.41) is 2.61. The maximum atomic E-state index is 11.9. The third-order valence-electron chi connectivity index (χ3n) is 2.86. The van der Waals surface area contributed by atoms with E-state index in [9.17, 15) is 9.59 Å². The van der Waals surface area contributed by atoms with Gasteiger partial charge in [-0.2, -0.15) is 0 Å². The molecule has 0 aliphatic rings. The second kappa shape index (κ2) is 7.12. The van der Waals surface area contributed by atoms with Crippen molar-refractivity contribution >= 4 is 17.9 Å². The lowest BCUT2D eigenvalue weighted by molar-refractivity contribution is 0.210. The van der Waals surface area contributed by atoms with Crippen LogP contribution in [0.5, 0.6) is 11.5 Å². The van der Waals surface area contributed by atoms with Gasteiger partial charge >= 0.3 is 12.2 Å². The first-order valence-corrected chi connectivity index (χ1v) is 6.72. The van der Waals surface area contributed by atoms with E-state index < -0.39 is 12.2 Å². The first kappa shape index (κ1) is 15.4. The zero-order chi connectivity index (χ0) is 15.9. The number of hydrogen-bond acceptors (Lipinski definition) is 4. The molecule has 0 heterocycles. The van der Waals surface area contributed by atoms with Crippen LogP contribution in [0.15, 0.2) is 48.5 Å². The summed E-state index contributed by atoms with van der Waals surface area (Å²) in [7, 11) is 0. The highest BCUT2D eigenvalue weighted by atomic mass is 16.6. The number of para-hydroxylation sites is 1. The molecule has 114 valence electrons. The molecule has 0 saturated carbocycles. The first-order chi connectivity index (χ1) is 10.6. The normalized spacial score (nSPS) is 9.86.